The standard InChI is InChI=1S/C20H34O3/c1-14-7-8-16-18(2,3)10-6-11-20(16,5)15(14)9-12-19(4,23)13-17(21)22/h7,15-16,23H,6,8-13H2,1-5H3,(H,21,22)/t15-,16-,19-,20+/m0/s1. The van der Waals surface area contributed by atoms with Gasteiger partial charge in [0.2, 0.25) is 0 Å². The molecule has 0 spiro atoms. The molecule has 0 aromatic rings. The van der Waals surface area contributed by atoms with Gasteiger partial charge in [0.25, 0.3) is 0 Å². The van der Waals surface area contributed by atoms with Crippen LogP contribution in [0.3, 0.4) is 0 Å². The van der Waals surface area contributed by atoms with Crippen LogP contribution < -0.4 is 0 Å². The fraction of sp³-hybridized carbons (Fsp3) is 0.850. The predicted octanol–water partition coefficient (Wildman–Crippen LogP) is 4.79. The highest BCUT2D eigenvalue weighted by molar-refractivity contribution is 5.68. The van der Waals surface area contributed by atoms with Gasteiger partial charge in [-0.25, -0.2) is 0 Å². The second kappa shape index (κ2) is 6.23. The monoisotopic (exact) mass is 322 g/mol. The van der Waals surface area contributed by atoms with Gasteiger partial charge in [-0.1, -0.05) is 38.8 Å². The van der Waals surface area contributed by atoms with E-state index in [-0.39, 0.29) is 11.8 Å². The second-order valence-corrected chi connectivity index (χ2v) is 9.24. The number of aliphatic carboxylic acids is 1. The van der Waals surface area contributed by atoms with Crippen LogP contribution in [0.4, 0.5) is 0 Å². The molecular formula is C20H34O3. The molecule has 1 fully saturated rings. The Morgan fingerprint density at radius 1 is 1.35 bits per heavy atom. The van der Waals surface area contributed by atoms with E-state index >= 15 is 0 Å². The van der Waals surface area contributed by atoms with Gasteiger partial charge >= 0.3 is 5.97 Å². The summed E-state index contributed by atoms with van der Waals surface area (Å²) in [6.07, 6.45) is 8.64. The third-order valence-corrected chi connectivity index (χ3v) is 6.80. The van der Waals surface area contributed by atoms with Gasteiger partial charge in [-0.15, -0.1) is 0 Å². The first kappa shape index (κ1) is 18.5. The van der Waals surface area contributed by atoms with E-state index in [1.165, 1.54) is 24.8 Å². The molecule has 3 nitrogen and oxygen atoms in total. The molecule has 0 radical (unpaired) electrons. The summed E-state index contributed by atoms with van der Waals surface area (Å²) in [7, 11) is 0. The lowest BCUT2D eigenvalue weighted by molar-refractivity contribution is -0.142. The Morgan fingerprint density at radius 2 is 2.00 bits per heavy atom. The molecule has 0 unspecified atom stereocenters. The Morgan fingerprint density at radius 3 is 2.61 bits per heavy atom. The van der Waals surface area contributed by atoms with Crippen molar-refractivity contribution in [3.8, 4) is 0 Å². The summed E-state index contributed by atoms with van der Waals surface area (Å²) >= 11 is 0. The number of rotatable bonds is 5. The van der Waals surface area contributed by atoms with Gasteiger partial charge in [0.05, 0.1) is 12.0 Å². The van der Waals surface area contributed by atoms with Crippen LogP contribution in [-0.4, -0.2) is 21.8 Å². The largest absolute Gasteiger partial charge is 0.481 e. The summed E-state index contributed by atoms with van der Waals surface area (Å²) in [6, 6.07) is 0. The fourth-order valence-corrected chi connectivity index (χ4v) is 5.56. The lowest BCUT2D eigenvalue weighted by atomic mass is 9.48. The summed E-state index contributed by atoms with van der Waals surface area (Å²) < 4.78 is 0. The van der Waals surface area contributed by atoms with E-state index in [4.69, 9.17) is 5.11 Å². The van der Waals surface area contributed by atoms with Crippen LogP contribution in [-0.2, 0) is 4.79 Å². The quantitative estimate of drug-likeness (QED) is 0.715. The lowest BCUT2D eigenvalue weighted by Gasteiger charge is -2.57. The highest BCUT2D eigenvalue weighted by Gasteiger charge is 2.51. The van der Waals surface area contributed by atoms with E-state index < -0.39 is 11.6 Å². The maximum Gasteiger partial charge on any atom is 0.306 e. The minimum atomic E-state index is -1.11. The SMILES string of the molecule is CC1=CC[C@H]2C(C)(C)CCC[C@]2(C)[C@H]1CC[C@](C)(O)CC(=O)O. The number of allylic oxidation sites excluding steroid dienone is 2. The average molecular weight is 322 g/mol. The molecule has 2 aliphatic rings. The van der Waals surface area contributed by atoms with E-state index in [9.17, 15) is 9.90 Å². The normalized spacial score (nSPS) is 35.8. The third kappa shape index (κ3) is 3.81. The van der Waals surface area contributed by atoms with E-state index in [1.807, 2.05) is 0 Å². The van der Waals surface area contributed by atoms with Crippen molar-refractivity contribution in [1.29, 1.82) is 0 Å². The zero-order valence-corrected chi connectivity index (χ0v) is 15.5. The lowest BCUT2D eigenvalue weighted by Crippen LogP contribution is -2.48. The number of aliphatic hydroxyl groups is 1. The Bertz CT molecular complexity index is 489. The number of carbonyl (C=O) groups is 1. The molecule has 0 bridgehead atoms. The zero-order chi connectivity index (χ0) is 17.5. The van der Waals surface area contributed by atoms with Crippen molar-refractivity contribution in [3.63, 3.8) is 0 Å². The third-order valence-electron chi connectivity index (χ3n) is 6.80. The van der Waals surface area contributed by atoms with Gasteiger partial charge in [0.15, 0.2) is 0 Å². The maximum absolute atomic E-state index is 10.9. The number of carboxylic acid groups (broad SMARTS) is 1. The van der Waals surface area contributed by atoms with Gasteiger partial charge in [-0.3, -0.25) is 4.79 Å². The minimum Gasteiger partial charge on any atom is -0.481 e. The van der Waals surface area contributed by atoms with Crippen LogP contribution in [0.1, 0.15) is 79.6 Å². The fourth-order valence-electron chi connectivity index (χ4n) is 5.56. The predicted molar refractivity (Wildman–Crippen MR) is 93.2 cm³/mol. The minimum absolute atomic E-state index is 0.173. The van der Waals surface area contributed by atoms with E-state index in [0.717, 1.165) is 12.8 Å². The number of hydrogen-bond donors (Lipinski definition) is 2. The molecule has 2 rings (SSSR count). The molecule has 2 N–H and O–H groups in total. The van der Waals surface area contributed by atoms with Crippen LogP contribution >= 0.6 is 0 Å². The summed E-state index contributed by atoms with van der Waals surface area (Å²) in [6.45, 7) is 11.1. The van der Waals surface area contributed by atoms with Crippen molar-refractivity contribution in [2.75, 3.05) is 0 Å². The molecule has 0 aromatic heterocycles. The highest BCUT2D eigenvalue weighted by Crippen LogP contribution is 2.60. The number of carboxylic acids is 1. The van der Waals surface area contributed by atoms with E-state index in [2.05, 4.69) is 33.8 Å². The first-order valence-corrected chi connectivity index (χ1v) is 9.09. The van der Waals surface area contributed by atoms with Gasteiger partial charge in [-0.05, 0) is 68.6 Å². The van der Waals surface area contributed by atoms with Crippen molar-refractivity contribution in [2.45, 2.75) is 85.2 Å². The maximum atomic E-state index is 10.9. The number of hydrogen-bond acceptors (Lipinski definition) is 2. The van der Waals surface area contributed by atoms with Crippen molar-refractivity contribution in [2.24, 2.45) is 22.7 Å². The summed E-state index contributed by atoms with van der Waals surface area (Å²) in [4.78, 5) is 10.9. The van der Waals surface area contributed by atoms with Crippen LogP contribution in [0.15, 0.2) is 11.6 Å². The van der Waals surface area contributed by atoms with Gasteiger partial charge in [0.1, 0.15) is 0 Å². The van der Waals surface area contributed by atoms with Crippen molar-refractivity contribution >= 4 is 5.97 Å². The molecular weight excluding hydrogens is 288 g/mol. The first-order valence-electron chi connectivity index (χ1n) is 9.09. The molecule has 0 saturated heterocycles. The van der Waals surface area contributed by atoms with Crippen LogP contribution in [0, 0.1) is 22.7 Å². The van der Waals surface area contributed by atoms with Crippen molar-refractivity contribution in [3.05, 3.63) is 11.6 Å². The van der Waals surface area contributed by atoms with Crippen molar-refractivity contribution < 1.29 is 15.0 Å². The molecule has 23 heavy (non-hydrogen) atoms. The van der Waals surface area contributed by atoms with Gasteiger partial charge in [-0.2, -0.15) is 0 Å². The molecule has 2 aliphatic carbocycles. The average Bonchev–Trinajstić information content (AvgIpc) is 2.34. The van der Waals surface area contributed by atoms with E-state index in [0.29, 0.717) is 23.7 Å². The summed E-state index contributed by atoms with van der Waals surface area (Å²) in [5.41, 5.74) is 0.971. The smallest absolute Gasteiger partial charge is 0.306 e. The van der Waals surface area contributed by atoms with Crippen LogP contribution in [0.2, 0.25) is 0 Å². The molecule has 4 atom stereocenters. The Labute approximate surface area is 141 Å². The van der Waals surface area contributed by atoms with Gasteiger partial charge in [0, 0.05) is 0 Å². The molecule has 0 heterocycles. The molecule has 0 aliphatic heterocycles. The van der Waals surface area contributed by atoms with Crippen LogP contribution in [0.5, 0.6) is 0 Å². The Balaban J connectivity index is 2.18. The Kier molecular flexibility index (Phi) is 5.02. The summed E-state index contributed by atoms with van der Waals surface area (Å²) in [5.74, 6) is 0.219. The second-order valence-electron chi connectivity index (χ2n) is 9.24. The Hall–Kier alpha value is -0.830. The molecule has 0 amide bonds. The molecule has 3 heteroatoms. The molecule has 1 saturated carbocycles. The number of fused-ring (bicyclic) bond motifs is 1. The highest BCUT2D eigenvalue weighted by atomic mass is 16.4. The summed E-state index contributed by atoms with van der Waals surface area (Å²) in [5, 5.41) is 19.4. The zero-order valence-electron chi connectivity index (χ0n) is 15.5. The van der Waals surface area contributed by atoms with Gasteiger partial charge < -0.3 is 10.2 Å². The van der Waals surface area contributed by atoms with E-state index in [1.54, 1.807) is 6.92 Å². The molecule has 132 valence electrons. The first-order chi connectivity index (χ1) is 10.5. The topological polar surface area (TPSA) is 57.5 Å². The van der Waals surface area contributed by atoms with Crippen molar-refractivity contribution in [1.82, 2.24) is 0 Å². The van der Waals surface area contributed by atoms with Crippen LogP contribution in [0.25, 0.3) is 0 Å². The molecule has 0 aromatic carbocycles.